The summed E-state index contributed by atoms with van der Waals surface area (Å²) in [6, 6.07) is 5.12. The van der Waals surface area contributed by atoms with Crippen molar-refractivity contribution in [3.05, 3.63) is 36.4 Å². The van der Waals surface area contributed by atoms with Gasteiger partial charge >= 0.3 is 5.97 Å². The van der Waals surface area contributed by atoms with Gasteiger partial charge in [0.1, 0.15) is 0 Å². The third kappa shape index (κ3) is 3.83. The van der Waals surface area contributed by atoms with Crippen molar-refractivity contribution in [3.8, 4) is 0 Å². The molecule has 1 aromatic rings. The van der Waals surface area contributed by atoms with Crippen molar-refractivity contribution in [1.82, 2.24) is 0 Å². The number of benzene rings is 1. The van der Waals surface area contributed by atoms with Crippen LogP contribution in [0.25, 0.3) is 0 Å². The molecule has 92 valence electrons. The molecule has 0 radical (unpaired) electrons. The standard InChI is InChI=1S/C13H18N2O2/c1-3-7-15-12-6-5-10(14)9-11(12)13(16)17-8-4-2/h3,5-6,9,15H,1,4,7-8,14H2,2H3. The van der Waals surface area contributed by atoms with Gasteiger partial charge in [0.05, 0.1) is 12.2 Å². The molecule has 0 fully saturated rings. The average Bonchev–Trinajstić information content (AvgIpc) is 2.34. The summed E-state index contributed by atoms with van der Waals surface area (Å²) in [5.74, 6) is -0.356. The van der Waals surface area contributed by atoms with Gasteiger partial charge in [0.2, 0.25) is 0 Å². The summed E-state index contributed by atoms with van der Waals surface area (Å²) in [6.45, 7) is 6.55. The lowest BCUT2D eigenvalue weighted by Crippen LogP contribution is -2.11. The number of nitrogens with one attached hydrogen (secondary N) is 1. The fourth-order valence-corrected chi connectivity index (χ4v) is 1.34. The number of anilines is 2. The summed E-state index contributed by atoms with van der Waals surface area (Å²) in [6.07, 6.45) is 2.51. The van der Waals surface area contributed by atoms with Crippen LogP contribution in [-0.4, -0.2) is 19.1 Å². The molecule has 0 saturated heterocycles. The minimum absolute atomic E-state index is 0.356. The third-order valence-electron chi connectivity index (χ3n) is 2.14. The van der Waals surface area contributed by atoms with Crippen LogP contribution in [0.1, 0.15) is 23.7 Å². The van der Waals surface area contributed by atoms with Gasteiger partial charge in [-0.3, -0.25) is 0 Å². The first-order valence-corrected chi connectivity index (χ1v) is 5.60. The summed E-state index contributed by atoms with van der Waals surface area (Å²) < 4.78 is 5.09. The lowest BCUT2D eigenvalue weighted by atomic mass is 10.1. The van der Waals surface area contributed by atoms with Gasteiger partial charge in [-0.1, -0.05) is 13.0 Å². The molecule has 0 saturated carbocycles. The monoisotopic (exact) mass is 234 g/mol. The Hall–Kier alpha value is -1.97. The van der Waals surface area contributed by atoms with E-state index in [9.17, 15) is 4.79 Å². The van der Waals surface area contributed by atoms with Gasteiger partial charge in [-0.05, 0) is 24.6 Å². The van der Waals surface area contributed by atoms with Crippen LogP contribution in [0.4, 0.5) is 11.4 Å². The van der Waals surface area contributed by atoms with Gasteiger partial charge in [0.25, 0.3) is 0 Å². The van der Waals surface area contributed by atoms with Crippen LogP contribution in [0.5, 0.6) is 0 Å². The SMILES string of the molecule is C=CCNc1ccc(N)cc1C(=O)OCCC. The molecule has 0 heterocycles. The first-order chi connectivity index (χ1) is 8.19. The Morgan fingerprint density at radius 1 is 1.59 bits per heavy atom. The van der Waals surface area contributed by atoms with E-state index in [4.69, 9.17) is 10.5 Å². The molecule has 0 aliphatic rings. The van der Waals surface area contributed by atoms with E-state index in [0.717, 1.165) is 6.42 Å². The summed E-state index contributed by atoms with van der Waals surface area (Å²) in [5, 5.41) is 3.07. The normalized spacial score (nSPS) is 9.71. The molecule has 4 nitrogen and oxygen atoms in total. The topological polar surface area (TPSA) is 64.3 Å². The van der Waals surface area contributed by atoms with Crippen LogP contribution < -0.4 is 11.1 Å². The second-order valence-electron chi connectivity index (χ2n) is 3.61. The molecule has 1 rings (SSSR count). The quantitative estimate of drug-likeness (QED) is 0.451. The van der Waals surface area contributed by atoms with Crippen LogP contribution in [-0.2, 0) is 4.74 Å². The van der Waals surface area contributed by atoms with Gasteiger partial charge in [-0.25, -0.2) is 4.79 Å². The van der Waals surface area contributed by atoms with Crippen LogP contribution >= 0.6 is 0 Å². The molecule has 3 N–H and O–H groups in total. The van der Waals surface area contributed by atoms with E-state index in [1.807, 2.05) is 6.92 Å². The second kappa shape index (κ2) is 6.58. The highest BCUT2D eigenvalue weighted by Gasteiger charge is 2.12. The van der Waals surface area contributed by atoms with E-state index in [1.165, 1.54) is 0 Å². The lowest BCUT2D eigenvalue weighted by molar-refractivity contribution is 0.0506. The molecular weight excluding hydrogens is 216 g/mol. The van der Waals surface area contributed by atoms with Crippen molar-refractivity contribution in [1.29, 1.82) is 0 Å². The Kier molecular flexibility index (Phi) is 5.07. The highest BCUT2D eigenvalue weighted by molar-refractivity contribution is 5.96. The zero-order valence-electron chi connectivity index (χ0n) is 10.0. The van der Waals surface area contributed by atoms with Crippen LogP contribution in [0.15, 0.2) is 30.9 Å². The number of ether oxygens (including phenoxy) is 1. The zero-order chi connectivity index (χ0) is 12.7. The number of carbonyl (C=O) groups excluding carboxylic acids is 1. The number of nitrogens with two attached hydrogens (primary N) is 1. The van der Waals surface area contributed by atoms with Crippen molar-refractivity contribution in [2.75, 3.05) is 24.2 Å². The maximum absolute atomic E-state index is 11.8. The van der Waals surface area contributed by atoms with Crippen LogP contribution in [0, 0.1) is 0 Å². The Morgan fingerprint density at radius 3 is 3.00 bits per heavy atom. The van der Waals surface area contributed by atoms with E-state index < -0.39 is 0 Å². The van der Waals surface area contributed by atoms with E-state index in [0.29, 0.717) is 30.1 Å². The molecule has 0 amide bonds. The van der Waals surface area contributed by atoms with E-state index in [2.05, 4.69) is 11.9 Å². The molecule has 0 aliphatic heterocycles. The molecule has 0 bridgehead atoms. The zero-order valence-corrected chi connectivity index (χ0v) is 10.0. The minimum atomic E-state index is -0.356. The van der Waals surface area contributed by atoms with Crippen molar-refractivity contribution in [2.45, 2.75) is 13.3 Å². The molecule has 1 aromatic carbocycles. The Labute approximate surface area is 101 Å². The fraction of sp³-hybridized carbons (Fsp3) is 0.308. The fourth-order valence-electron chi connectivity index (χ4n) is 1.34. The van der Waals surface area contributed by atoms with E-state index >= 15 is 0 Å². The van der Waals surface area contributed by atoms with Crippen molar-refractivity contribution >= 4 is 17.3 Å². The first kappa shape index (κ1) is 13.1. The molecule has 0 unspecified atom stereocenters. The van der Waals surface area contributed by atoms with Gasteiger partial charge in [0.15, 0.2) is 0 Å². The van der Waals surface area contributed by atoms with Crippen LogP contribution in [0.3, 0.4) is 0 Å². The minimum Gasteiger partial charge on any atom is -0.462 e. The predicted molar refractivity (Wildman–Crippen MR) is 70.1 cm³/mol. The number of carbonyl (C=O) groups is 1. The van der Waals surface area contributed by atoms with Gasteiger partial charge < -0.3 is 15.8 Å². The molecular formula is C13H18N2O2. The third-order valence-corrected chi connectivity index (χ3v) is 2.14. The summed E-state index contributed by atoms with van der Waals surface area (Å²) in [4.78, 5) is 11.8. The summed E-state index contributed by atoms with van der Waals surface area (Å²) in [5.41, 5.74) is 7.37. The Bertz CT molecular complexity index is 402. The highest BCUT2D eigenvalue weighted by atomic mass is 16.5. The number of nitrogen functional groups attached to an aromatic ring is 1. The first-order valence-electron chi connectivity index (χ1n) is 5.60. The van der Waals surface area contributed by atoms with Crippen molar-refractivity contribution < 1.29 is 9.53 Å². The summed E-state index contributed by atoms with van der Waals surface area (Å²) >= 11 is 0. The molecule has 0 aromatic heterocycles. The lowest BCUT2D eigenvalue weighted by Gasteiger charge is -2.11. The Balaban J connectivity index is 2.89. The highest BCUT2D eigenvalue weighted by Crippen LogP contribution is 2.20. The van der Waals surface area contributed by atoms with Gasteiger partial charge in [0, 0.05) is 17.9 Å². The number of esters is 1. The maximum atomic E-state index is 11.8. The van der Waals surface area contributed by atoms with E-state index in [-0.39, 0.29) is 5.97 Å². The Morgan fingerprint density at radius 2 is 2.35 bits per heavy atom. The van der Waals surface area contributed by atoms with Crippen molar-refractivity contribution in [3.63, 3.8) is 0 Å². The predicted octanol–water partition coefficient (Wildman–Crippen LogP) is 2.43. The number of hydrogen-bond acceptors (Lipinski definition) is 4. The molecule has 4 heteroatoms. The second-order valence-corrected chi connectivity index (χ2v) is 3.61. The average molecular weight is 234 g/mol. The van der Waals surface area contributed by atoms with Gasteiger partial charge in [-0.15, -0.1) is 6.58 Å². The molecule has 17 heavy (non-hydrogen) atoms. The van der Waals surface area contributed by atoms with Crippen molar-refractivity contribution in [2.24, 2.45) is 0 Å². The smallest absolute Gasteiger partial charge is 0.340 e. The van der Waals surface area contributed by atoms with E-state index in [1.54, 1.807) is 24.3 Å². The molecule has 0 aliphatic carbocycles. The number of rotatable bonds is 6. The van der Waals surface area contributed by atoms with Crippen LogP contribution in [0.2, 0.25) is 0 Å². The van der Waals surface area contributed by atoms with Gasteiger partial charge in [-0.2, -0.15) is 0 Å². The maximum Gasteiger partial charge on any atom is 0.340 e. The largest absolute Gasteiger partial charge is 0.462 e. The number of hydrogen-bond donors (Lipinski definition) is 2. The molecule has 0 atom stereocenters. The summed E-state index contributed by atoms with van der Waals surface area (Å²) in [7, 11) is 0. The molecule has 0 spiro atoms.